The number of aliphatic hydroxyl groups is 1. The summed E-state index contributed by atoms with van der Waals surface area (Å²) in [7, 11) is 0. The highest BCUT2D eigenvalue weighted by molar-refractivity contribution is 7.98. The van der Waals surface area contributed by atoms with Gasteiger partial charge < -0.3 is 26.6 Å². The van der Waals surface area contributed by atoms with Gasteiger partial charge in [-0.2, -0.15) is 11.8 Å². The third kappa shape index (κ3) is 7.67. The van der Waals surface area contributed by atoms with E-state index in [9.17, 15) is 19.5 Å². The van der Waals surface area contributed by atoms with Gasteiger partial charge in [-0.25, -0.2) is 4.79 Å². The molecular weight excluding hydrogens is 322 g/mol. The molecule has 0 saturated heterocycles. The zero-order chi connectivity index (χ0) is 18.2. The van der Waals surface area contributed by atoms with Crippen molar-refractivity contribution in [1.82, 2.24) is 10.6 Å². The van der Waals surface area contributed by atoms with E-state index in [1.165, 1.54) is 18.7 Å². The van der Waals surface area contributed by atoms with Crippen LogP contribution in [-0.4, -0.2) is 64.2 Å². The standard InChI is InChI=1S/C14H27N3O5S/c1-7(2)11(17-12(19)10(15)8(3)18)13(20)16-9(14(21)22)5-6-23-4/h7-11,18H,5-6,15H2,1-4H3,(H,16,20)(H,17,19)(H,21,22)/t8-,9+,10+,11+/m1/s1. The number of hydrogen-bond acceptors (Lipinski definition) is 6. The quantitative estimate of drug-likeness (QED) is 0.346. The maximum Gasteiger partial charge on any atom is 0.326 e. The summed E-state index contributed by atoms with van der Waals surface area (Å²) in [6.45, 7) is 4.81. The van der Waals surface area contributed by atoms with Crippen LogP contribution in [0.1, 0.15) is 27.2 Å². The van der Waals surface area contributed by atoms with Crippen molar-refractivity contribution in [3.63, 3.8) is 0 Å². The summed E-state index contributed by atoms with van der Waals surface area (Å²) in [5.41, 5.74) is 5.53. The van der Waals surface area contributed by atoms with Gasteiger partial charge in [0.25, 0.3) is 0 Å². The van der Waals surface area contributed by atoms with Gasteiger partial charge in [-0.05, 0) is 31.3 Å². The summed E-state index contributed by atoms with van der Waals surface area (Å²) in [5.74, 6) is -2.05. The first-order chi connectivity index (χ1) is 10.6. The topological polar surface area (TPSA) is 142 Å². The van der Waals surface area contributed by atoms with E-state index in [2.05, 4.69) is 10.6 Å². The molecule has 134 valence electrons. The van der Waals surface area contributed by atoms with Crippen molar-refractivity contribution in [3.05, 3.63) is 0 Å². The lowest BCUT2D eigenvalue weighted by molar-refractivity contribution is -0.142. The van der Waals surface area contributed by atoms with Crippen molar-refractivity contribution in [3.8, 4) is 0 Å². The normalized spacial score (nSPS) is 16.3. The lowest BCUT2D eigenvalue weighted by Crippen LogP contribution is -2.57. The number of carbonyl (C=O) groups is 3. The number of aliphatic carboxylic acids is 1. The molecule has 0 radical (unpaired) electrons. The molecule has 0 fully saturated rings. The summed E-state index contributed by atoms with van der Waals surface area (Å²) >= 11 is 1.48. The molecule has 0 bridgehead atoms. The number of rotatable bonds is 10. The molecule has 4 atom stereocenters. The van der Waals surface area contributed by atoms with Crippen LogP contribution < -0.4 is 16.4 Å². The molecule has 0 aromatic carbocycles. The van der Waals surface area contributed by atoms with Crippen molar-refractivity contribution in [2.24, 2.45) is 11.7 Å². The van der Waals surface area contributed by atoms with Crippen LogP contribution in [-0.2, 0) is 14.4 Å². The third-order valence-corrected chi connectivity index (χ3v) is 3.94. The summed E-state index contributed by atoms with van der Waals surface area (Å²) in [4.78, 5) is 35.4. The van der Waals surface area contributed by atoms with Gasteiger partial charge >= 0.3 is 5.97 Å². The van der Waals surface area contributed by atoms with Gasteiger partial charge in [-0.15, -0.1) is 0 Å². The minimum atomic E-state index is -1.16. The molecule has 23 heavy (non-hydrogen) atoms. The van der Waals surface area contributed by atoms with Crippen LogP contribution in [0.25, 0.3) is 0 Å². The molecule has 0 spiro atoms. The minimum Gasteiger partial charge on any atom is -0.480 e. The Hall–Kier alpha value is -1.32. The van der Waals surface area contributed by atoms with Gasteiger partial charge in [0, 0.05) is 0 Å². The lowest BCUT2D eigenvalue weighted by Gasteiger charge is -2.25. The Morgan fingerprint density at radius 3 is 2.09 bits per heavy atom. The van der Waals surface area contributed by atoms with Crippen LogP contribution in [0.3, 0.4) is 0 Å². The number of carbonyl (C=O) groups excluding carboxylic acids is 2. The van der Waals surface area contributed by atoms with Crippen molar-refractivity contribution < 1.29 is 24.6 Å². The van der Waals surface area contributed by atoms with Crippen LogP contribution in [0.15, 0.2) is 0 Å². The van der Waals surface area contributed by atoms with Gasteiger partial charge in [0.1, 0.15) is 18.1 Å². The average Bonchev–Trinajstić information content (AvgIpc) is 2.46. The molecule has 8 nitrogen and oxygen atoms in total. The van der Waals surface area contributed by atoms with E-state index in [4.69, 9.17) is 10.8 Å². The van der Waals surface area contributed by atoms with Crippen molar-refractivity contribution in [2.75, 3.05) is 12.0 Å². The molecule has 6 N–H and O–H groups in total. The SMILES string of the molecule is CSCC[C@H](NC(=O)[C@@H](NC(=O)[C@@H](N)[C@@H](C)O)C(C)C)C(=O)O. The van der Waals surface area contributed by atoms with E-state index < -0.39 is 42.0 Å². The Balaban J connectivity index is 4.91. The lowest BCUT2D eigenvalue weighted by atomic mass is 10.0. The predicted molar refractivity (Wildman–Crippen MR) is 89.0 cm³/mol. The smallest absolute Gasteiger partial charge is 0.326 e. The highest BCUT2D eigenvalue weighted by Gasteiger charge is 2.30. The van der Waals surface area contributed by atoms with E-state index in [1.807, 2.05) is 6.26 Å². The van der Waals surface area contributed by atoms with E-state index in [0.29, 0.717) is 5.75 Å². The van der Waals surface area contributed by atoms with Crippen LogP contribution in [0.5, 0.6) is 0 Å². The number of amides is 2. The Labute approximate surface area is 140 Å². The van der Waals surface area contributed by atoms with E-state index in [-0.39, 0.29) is 12.3 Å². The number of thioether (sulfide) groups is 1. The molecule has 0 aromatic rings. The van der Waals surface area contributed by atoms with E-state index in [0.717, 1.165) is 0 Å². The molecule has 0 aliphatic carbocycles. The van der Waals surface area contributed by atoms with Crippen LogP contribution in [0.4, 0.5) is 0 Å². The van der Waals surface area contributed by atoms with Crippen LogP contribution >= 0.6 is 11.8 Å². The highest BCUT2D eigenvalue weighted by atomic mass is 32.2. The second-order valence-electron chi connectivity index (χ2n) is 5.68. The summed E-state index contributed by atoms with van der Waals surface area (Å²) < 4.78 is 0. The van der Waals surface area contributed by atoms with E-state index in [1.54, 1.807) is 13.8 Å². The Morgan fingerprint density at radius 1 is 1.13 bits per heavy atom. The minimum absolute atomic E-state index is 0.268. The zero-order valence-corrected chi connectivity index (χ0v) is 14.7. The molecular formula is C14H27N3O5S. The predicted octanol–water partition coefficient (Wildman–Crippen LogP) is -0.842. The first-order valence-corrected chi connectivity index (χ1v) is 8.77. The first kappa shape index (κ1) is 21.7. The van der Waals surface area contributed by atoms with Gasteiger partial charge in [-0.1, -0.05) is 13.8 Å². The molecule has 2 amide bonds. The second kappa shape index (κ2) is 10.5. The van der Waals surface area contributed by atoms with Crippen molar-refractivity contribution in [1.29, 1.82) is 0 Å². The monoisotopic (exact) mass is 349 g/mol. The number of carboxylic acids is 1. The molecule has 0 rings (SSSR count). The van der Waals surface area contributed by atoms with Crippen molar-refractivity contribution in [2.45, 2.75) is 51.4 Å². The molecule has 0 heterocycles. The molecule has 0 aromatic heterocycles. The number of hydrogen-bond donors (Lipinski definition) is 5. The van der Waals surface area contributed by atoms with Gasteiger partial charge in [0.15, 0.2) is 0 Å². The fourth-order valence-corrected chi connectivity index (χ4v) is 2.23. The number of nitrogens with one attached hydrogen (secondary N) is 2. The van der Waals surface area contributed by atoms with Crippen LogP contribution in [0.2, 0.25) is 0 Å². The zero-order valence-electron chi connectivity index (χ0n) is 13.9. The Bertz CT molecular complexity index is 417. The maximum absolute atomic E-state index is 12.3. The molecule has 0 saturated carbocycles. The Kier molecular flexibility index (Phi) is 9.85. The van der Waals surface area contributed by atoms with Crippen molar-refractivity contribution >= 4 is 29.5 Å². The highest BCUT2D eigenvalue weighted by Crippen LogP contribution is 2.06. The molecule has 0 aliphatic heterocycles. The van der Waals surface area contributed by atoms with Gasteiger partial charge in [-0.3, -0.25) is 9.59 Å². The largest absolute Gasteiger partial charge is 0.480 e. The van der Waals surface area contributed by atoms with Crippen LogP contribution in [0, 0.1) is 5.92 Å². The average molecular weight is 349 g/mol. The number of nitrogens with two attached hydrogens (primary N) is 1. The molecule has 0 aliphatic rings. The summed E-state index contributed by atoms with van der Waals surface area (Å²) in [6, 6.07) is -3.10. The summed E-state index contributed by atoms with van der Waals surface area (Å²) in [6.07, 6.45) is 1.07. The fraction of sp³-hybridized carbons (Fsp3) is 0.786. The van der Waals surface area contributed by atoms with Gasteiger partial charge in [0.05, 0.1) is 6.10 Å². The number of carboxylic acid groups (broad SMARTS) is 1. The third-order valence-electron chi connectivity index (χ3n) is 3.29. The maximum atomic E-state index is 12.3. The van der Waals surface area contributed by atoms with E-state index >= 15 is 0 Å². The number of aliphatic hydroxyl groups excluding tert-OH is 1. The second-order valence-corrected chi connectivity index (χ2v) is 6.66. The summed E-state index contributed by atoms with van der Waals surface area (Å²) in [5, 5.41) is 23.4. The Morgan fingerprint density at radius 2 is 1.70 bits per heavy atom. The molecule has 9 heteroatoms. The fourth-order valence-electron chi connectivity index (χ4n) is 1.76. The van der Waals surface area contributed by atoms with Gasteiger partial charge in [0.2, 0.25) is 11.8 Å². The first-order valence-electron chi connectivity index (χ1n) is 7.37. The molecule has 0 unspecified atom stereocenters.